The van der Waals surface area contributed by atoms with Crippen molar-refractivity contribution in [1.29, 1.82) is 0 Å². The van der Waals surface area contributed by atoms with Crippen LogP contribution < -0.4 is 29.3 Å². The molecule has 190 valence electrons. The highest BCUT2D eigenvalue weighted by atomic mass is 32.1. The number of benzene rings is 2. The number of hydrogen-bond donors (Lipinski definition) is 0. The summed E-state index contributed by atoms with van der Waals surface area (Å²) in [7, 11) is 4.73. The summed E-state index contributed by atoms with van der Waals surface area (Å²) in [5.74, 6) is 0.129. The molecule has 0 saturated heterocycles. The maximum atomic E-state index is 14.1. The maximum absolute atomic E-state index is 14.1. The van der Waals surface area contributed by atoms with E-state index in [1.54, 1.807) is 39.1 Å². The summed E-state index contributed by atoms with van der Waals surface area (Å²) in [6.07, 6.45) is 0. The largest absolute Gasteiger partial charge is 0.497 e. The van der Waals surface area contributed by atoms with E-state index in [1.807, 2.05) is 24.3 Å². The van der Waals surface area contributed by atoms with E-state index in [4.69, 9.17) is 14.2 Å². The zero-order valence-corrected chi connectivity index (χ0v) is 21.8. The number of para-hydroxylation sites is 1. The van der Waals surface area contributed by atoms with Gasteiger partial charge in [-0.2, -0.15) is 0 Å². The van der Waals surface area contributed by atoms with E-state index in [1.165, 1.54) is 23.7 Å². The Bertz CT molecular complexity index is 1670. The first kappa shape index (κ1) is 24.5. The van der Waals surface area contributed by atoms with Crippen LogP contribution in [-0.2, 0) is 14.3 Å². The van der Waals surface area contributed by atoms with Crippen molar-refractivity contribution >= 4 is 34.5 Å². The van der Waals surface area contributed by atoms with Gasteiger partial charge in [-0.25, -0.2) is 9.79 Å². The topological polar surface area (TPSA) is 99.4 Å². The van der Waals surface area contributed by atoms with Crippen LogP contribution in [0.4, 0.5) is 5.69 Å². The lowest BCUT2D eigenvalue weighted by Gasteiger charge is -2.26. The third-order valence-corrected chi connectivity index (χ3v) is 7.56. The van der Waals surface area contributed by atoms with Gasteiger partial charge >= 0.3 is 5.97 Å². The Morgan fingerprint density at radius 3 is 2.57 bits per heavy atom. The fourth-order valence-corrected chi connectivity index (χ4v) is 5.92. The predicted octanol–water partition coefficient (Wildman–Crippen LogP) is 2.16. The fourth-order valence-electron chi connectivity index (χ4n) is 4.78. The van der Waals surface area contributed by atoms with E-state index in [-0.39, 0.29) is 22.6 Å². The lowest BCUT2D eigenvalue weighted by molar-refractivity contribution is -0.139. The number of rotatable bonds is 5. The monoisotopic (exact) mass is 519 g/mol. The van der Waals surface area contributed by atoms with Crippen molar-refractivity contribution < 1.29 is 23.8 Å². The van der Waals surface area contributed by atoms with Crippen LogP contribution in [-0.4, -0.2) is 44.3 Å². The molecule has 37 heavy (non-hydrogen) atoms. The van der Waals surface area contributed by atoms with Crippen LogP contribution in [0.1, 0.15) is 31.0 Å². The molecule has 0 spiro atoms. The van der Waals surface area contributed by atoms with Crippen molar-refractivity contribution in [2.75, 3.05) is 32.8 Å². The van der Waals surface area contributed by atoms with Crippen molar-refractivity contribution in [1.82, 2.24) is 4.57 Å². The molecule has 0 N–H and O–H groups in total. The van der Waals surface area contributed by atoms with Crippen LogP contribution in [0, 0.1) is 0 Å². The average Bonchev–Trinajstić information content (AvgIpc) is 3.35. The minimum atomic E-state index is -0.904. The molecule has 1 atom stereocenters. The van der Waals surface area contributed by atoms with Gasteiger partial charge in [0.1, 0.15) is 22.1 Å². The highest BCUT2D eigenvalue weighted by molar-refractivity contribution is 7.07. The molecule has 3 aromatic rings. The van der Waals surface area contributed by atoms with Crippen molar-refractivity contribution in [3.63, 3.8) is 0 Å². The Hall–Kier alpha value is -4.18. The van der Waals surface area contributed by atoms with Gasteiger partial charge in [0.25, 0.3) is 11.5 Å². The van der Waals surface area contributed by atoms with Crippen LogP contribution in [0.15, 0.2) is 63.5 Å². The van der Waals surface area contributed by atoms with Gasteiger partial charge in [0, 0.05) is 18.2 Å². The summed E-state index contributed by atoms with van der Waals surface area (Å²) >= 11 is 1.12. The Labute approximate surface area is 216 Å². The Kier molecular flexibility index (Phi) is 6.20. The summed E-state index contributed by atoms with van der Waals surface area (Å²) < 4.78 is 18.1. The first-order valence-electron chi connectivity index (χ1n) is 11.6. The molecule has 10 heteroatoms. The molecule has 0 aliphatic carbocycles. The molecule has 2 aliphatic rings. The number of anilines is 1. The molecule has 9 nitrogen and oxygen atoms in total. The molecule has 0 radical (unpaired) electrons. The van der Waals surface area contributed by atoms with Gasteiger partial charge in [0.2, 0.25) is 0 Å². The van der Waals surface area contributed by atoms with Crippen molar-refractivity contribution in [3.05, 3.63) is 84.5 Å². The number of likely N-dealkylation sites (N-methyl/N-ethyl adjacent to an activating group) is 1. The maximum Gasteiger partial charge on any atom is 0.338 e. The van der Waals surface area contributed by atoms with Crippen LogP contribution in [0.25, 0.3) is 5.57 Å². The van der Waals surface area contributed by atoms with Crippen molar-refractivity contribution in [2.45, 2.75) is 19.9 Å². The molecule has 1 aromatic heterocycles. The third kappa shape index (κ3) is 3.75. The second-order valence-electron chi connectivity index (χ2n) is 8.49. The van der Waals surface area contributed by atoms with Gasteiger partial charge in [-0.3, -0.25) is 14.2 Å². The van der Waals surface area contributed by atoms with Crippen LogP contribution in [0.2, 0.25) is 0 Å². The molecule has 0 bridgehead atoms. The molecular formula is C27H25N3O6S. The molecule has 0 unspecified atom stereocenters. The molecule has 0 saturated carbocycles. The van der Waals surface area contributed by atoms with Gasteiger partial charge in [-0.15, -0.1) is 0 Å². The van der Waals surface area contributed by atoms with Gasteiger partial charge in [0.05, 0.1) is 43.4 Å². The number of carbonyl (C=O) groups excluding carboxylic acids is 2. The molecular weight excluding hydrogens is 494 g/mol. The van der Waals surface area contributed by atoms with Crippen molar-refractivity contribution in [2.24, 2.45) is 4.99 Å². The van der Waals surface area contributed by atoms with Crippen LogP contribution >= 0.6 is 11.3 Å². The summed E-state index contributed by atoms with van der Waals surface area (Å²) in [5, 5.41) is 0. The number of hydrogen-bond acceptors (Lipinski definition) is 8. The molecule has 2 aliphatic heterocycles. The number of esters is 1. The number of aromatic nitrogens is 1. The first-order valence-corrected chi connectivity index (χ1v) is 12.5. The van der Waals surface area contributed by atoms with Crippen molar-refractivity contribution in [3.8, 4) is 11.5 Å². The smallest absolute Gasteiger partial charge is 0.338 e. The minimum absolute atomic E-state index is 0.157. The zero-order valence-electron chi connectivity index (χ0n) is 21.0. The molecule has 1 amide bonds. The number of amides is 1. The van der Waals surface area contributed by atoms with Gasteiger partial charge < -0.3 is 19.1 Å². The summed E-state index contributed by atoms with van der Waals surface area (Å²) in [5.41, 5.74) is 2.46. The second-order valence-corrected chi connectivity index (χ2v) is 9.46. The lowest BCUT2D eigenvalue weighted by atomic mass is 9.94. The highest BCUT2D eigenvalue weighted by Gasteiger charge is 2.37. The SMILES string of the molecule is CCOC(=O)C1=C(C)N=c2s/c(=C3\C(=O)N(C)c4ccccc43)c(=O)n2[C@@H]1c1cc(OC)ccc1OC. The molecule has 0 fully saturated rings. The van der Waals surface area contributed by atoms with Gasteiger partial charge in [-0.1, -0.05) is 29.5 Å². The average molecular weight is 520 g/mol. The quantitative estimate of drug-likeness (QED) is 0.479. The summed E-state index contributed by atoms with van der Waals surface area (Å²) in [6, 6.07) is 11.6. The lowest BCUT2D eigenvalue weighted by Crippen LogP contribution is -2.41. The van der Waals surface area contributed by atoms with E-state index in [9.17, 15) is 14.4 Å². The van der Waals surface area contributed by atoms with E-state index < -0.39 is 17.6 Å². The summed E-state index contributed by atoms with van der Waals surface area (Å²) in [6.45, 7) is 3.57. The standard InChI is InChI=1S/C27H25N3O6S/c1-6-36-26(33)20-14(2)28-27-30(22(20)17-13-15(34-4)11-12-19(17)35-5)25(32)23(37-27)21-16-9-7-8-10-18(16)29(3)24(21)31/h7-13,22H,6H2,1-5H3/b23-21-/t22-/m1/s1. The number of nitrogens with zero attached hydrogens (tertiary/aromatic N) is 3. The molecule has 3 heterocycles. The number of fused-ring (bicyclic) bond motifs is 2. The van der Waals surface area contributed by atoms with E-state index >= 15 is 0 Å². The van der Waals surface area contributed by atoms with Gasteiger partial charge in [0.15, 0.2) is 4.80 Å². The summed E-state index contributed by atoms with van der Waals surface area (Å²) in [4.78, 5) is 47.1. The number of ether oxygens (including phenoxy) is 3. The number of carbonyl (C=O) groups is 2. The molecule has 2 aromatic carbocycles. The van der Waals surface area contributed by atoms with Crippen LogP contribution in [0.5, 0.6) is 11.5 Å². The predicted molar refractivity (Wildman–Crippen MR) is 139 cm³/mol. The normalized spacial score (nSPS) is 17.8. The van der Waals surface area contributed by atoms with E-state index in [0.717, 1.165) is 17.0 Å². The Balaban J connectivity index is 1.87. The van der Waals surface area contributed by atoms with Crippen LogP contribution in [0.3, 0.4) is 0 Å². The Morgan fingerprint density at radius 1 is 1.11 bits per heavy atom. The highest BCUT2D eigenvalue weighted by Crippen LogP contribution is 2.38. The van der Waals surface area contributed by atoms with Gasteiger partial charge in [-0.05, 0) is 38.1 Å². The fraction of sp³-hybridized carbons (Fsp3) is 0.259. The molecule has 5 rings (SSSR count). The second kappa shape index (κ2) is 9.36. The number of allylic oxidation sites excluding steroid dienone is 1. The number of thiazole rings is 1. The Morgan fingerprint density at radius 2 is 1.86 bits per heavy atom. The first-order chi connectivity index (χ1) is 17.8. The van der Waals surface area contributed by atoms with E-state index in [2.05, 4.69) is 4.99 Å². The number of methoxy groups -OCH3 is 2. The minimum Gasteiger partial charge on any atom is -0.497 e. The third-order valence-electron chi connectivity index (χ3n) is 6.50. The van der Waals surface area contributed by atoms with E-state index in [0.29, 0.717) is 38.7 Å². The zero-order chi connectivity index (χ0) is 26.4.